The maximum Gasteiger partial charge on any atom is 0.500 e. The molecule has 0 saturated heterocycles. The van der Waals surface area contributed by atoms with Crippen molar-refractivity contribution in [2.75, 3.05) is 27.1 Å². The van der Waals surface area contributed by atoms with Crippen LogP contribution >= 0.6 is 0 Å². The summed E-state index contributed by atoms with van der Waals surface area (Å²) in [4.78, 5) is 0. The van der Waals surface area contributed by atoms with Crippen molar-refractivity contribution in [2.24, 2.45) is 0 Å². The Kier molecular flexibility index (Phi) is 9.25. The predicted octanol–water partition coefficient (Wildman–Crippen LogP) is 1.07. The van der Waals surface area contributed by atoms with Crippen LogP contribution in [0.5, 0.6) is 0 Å². The average Bonchev–Trinajstić information content (AvgIpc) is 2.92. The molecule has 0 spiro atoms. The molecule has 8 nitrogen and oxygen atoms in total. The largest absolute Gasteiger partial charge is 0.748 e. The summed E-state index contributed by atoms with van der Waals surface area (Å²) >= 11 is 0. The number of hydrogen-bond acceptors (Lipinski definition) is 6. The van der Waals surface area contributed by atoms with E-state index >= 15 is 0 Å². The van der Waals surface area contributed by atoms with Gasteiger partial charge in [0.05, 0.1) is 23.2 Å². The molecule has 0 unspecified atom stereocenters. The Labute approximate surface area is 151 Å². The van der Waals surface area contributed by atoms with E-state index in [4.69, 9.17) is 13.3 Å². The number of hydrogen-bond donors (Lipinski definition) is 0. The van der Waals surface area contributed by atoms with Crippen LogP contribution in [-0.2, 0) is 36.5 Å². The molecule has 146 valence electrons. The third-order valence-electron chi connectivity index (χ3n) is 4.37. The Morgan fingerprint density at radius 1 is 1.12 bits per heavy atom. The summed E-state index contributed by atoms with van der Waals surface area (Å²) in [7, 11) is -1.74. The minimum atomic E-state index is -4.11. The summed E-state index contributed by atoms with van der Waals surface area (Å²) in [6.45, 7) is 3.62. The number of rotatable bonds is 13. The molecule has 1 aromatic rings. The second kappa shape index (κ2) is 10.4. The first-order chi connectivity index (χ1) is 11.8. The van der Waals surface area contributed by atoms with Crippen molar-refractivity contribution in [2.45, 2.75) is 51.7 Å². The van der Waals surface area contributed by atoms with Gasteiger partial charge in [-0.1, -0.05) is 0 Å². The van der Waals surface area contributed by atoms with Crippen LogP contribution < -0.4 is 4.57 Å². The van der Waals surface area contributed by atoms with Gasteiger partial charge in [0.2, 0.25) is 0 Å². The van der Waals surface area contributed by atoms with Crippen molar-refractivity contribution in [1.29, 1.82) is 0 Å². The van der Waals surface area contributed by atoms with Crippen LogP contribution in [0.4, 0.5) is 0 Å². The standard InChI is InChI=1S/C15H30N2O6SSi/c1-15-16(9-5-7-13-24(18,19)20)11-12-17(15)10-6-8-14-25(21-2,22-3)23-4/h11-12H,5-10,13-14H2,1-4H3. The molecular formula is C15H30N2O6SSi. The topological polar surface area (TPSA) is 93.7 Å². The highest BCUT2D eigenvalue weighted by molar-refractivity contribution is 7.85. The zero-order chi connectivity index (χ0) is 18.9. The van der Waals surface area contributed by atoms with Gasteiger partial charge in [-0.3, -0.25) is 0 Å². The normalized spacial score (nSPS) is 12.7. The number of aryl methyl sites for hydroxylation is 2. The van der Waals surface area contributed by atoms with Crippen LogP contribution in [0.2, 0.25) is 6.04 Å². The lowest BCUT2D eigenvalue weighted by Crippen LogP contribution is -2.43. The second-order valence-corrected chi connectivity index (χ2v) is 10.6. The van der Waals surface area contributed by atoms with E-state index < -0.39 is 18.9 Å². The fourth-order valence-electron chi connectivity index (χ4n) is 2.76. The fraction of sp³-hybridized carbons (Fsp3) is 0.800. The lowest BCUT2D eigenvalue weighted by atomic mass is 10.3. The molecule has 10 heteroatoms. The monoisotopic (exact) mass is 394 g/mol. The summed E-state index contributed by atoms with van der Waals surface area (Å²) in [5.41, 5.74) is 0. The van der Waals surface area contributed by atoms with Gasteiger partial charge in [-0.25, -0.2) is 17.6 Å². The minimum Gasteiger partial charge on any atom is -0.748 e. The highest BCUT2D eigenvalue weighted by Crippen LogP contribution is 2.16. The van der Waals surface area contributed by atoms with E-state index in [9.17, 15) is 13.0 Å². The number of unbranched alkanes of at least 4 members (excludes halogenated alkanes) is 2. The van der Waals surface area contributed by atoms with E-state index in [2.05, 4.69) is 9.13 Å². The van der Waals surface area contributed by atoms with Gasteiger partial charge in [0.15, 0.2) is 0 Å². The van der Waals surface area contributed by atoms with Gasteiger partial charge < -0.3 is 17.8 Å². The van der Waals surface area contributed by atoms with Gasteiger partial charge in [-0.2, -0.15) is 0 Å². The maximum atomic E-state index is 10.6. The second-order valence-electron chi connectivity index (χ2n) is 5.95. The molecular weight excluding hydrogens is 364 g/mol. The number of nitrogens with zero attached hydrogens (tertiary/aromatic N) is 2. The smallest absolute Gasteiger partial charge is 0.500 e. The van der Waals surface area contributed by atoms with Crippen LogP contribution in [0.3, 0.4) is 0 Å². The van der Waals surface area contributed by atoms with Crippen LogP contribution in [0, 0.1) is 6.92 Å². The Morgan fingerprint density at radius 3 is 2.32 bits per heavy atom. The minimum absolute atomic E-state index is 0.294. The van der Waals surface area contributed by atoms with Crippen molar-refractivity contribution < 1.29 is 30.8 Å². The fourth-order valence-corrected chi connectivity index (χ4v) is 5.11. The van der Waals surface area contributed by atoms with E-state index in [1.165, 1.54) is 0 Å². The molecule has 1 rings (SSSR count). The van der Waals surface area contributed by atoms with Crippen molar-refractivity contribution in [3.63, 3.8) is 0 Å². The molecule has 0 fully saturated rings. The highest BCUT2D eigenvalue weighted by atomic mass is 32.2. The third kappa shape index (κ3) is 7.55. The summed E-state index contributed by atoms with van der Waals surface area (Å²) < 4.78 is 52.3. The molecule has 0 amide bonds. The lowest BCUT2D eigenvalue weighted by molar-refractivity contribution is -0.702. The lowest BCUT2D eigenvalue weighted by Gasteiger charge is -2.24. The first-order valence-corrected chi connectivity index (χ1v) is 11.9. The van der Waals surface area contributed by atoms with Crippen molar-refractivity contribution in [3.05, 3.63) is 18.2 Å². The zero-order valence-electron chi connectivity index (χ0n) is 15.6. The van der Waals surface area contributed by atoms with Gasteiger partial charge in [0.1, 0.15) is 12.4 Å². The summed E-state index contributed by atoms with van der Waals surface area (Å²) in [5.74, 6) is 0.816. The summed E-state index contributed by atoms with van der Waals surface area (Å²) in [6.07, 6.45) is 6.99. The SMILES string of the molecule is CO[Si](CCCC[n+]1ccn(CCCCS(=O)(=O)[O-])c1C)(OC)OC. The first kappa shape index (κ1) is 22.3. The van der Waals surface area contributed by atoms with E-state index in [0.29, 0.717) is 19.4 Å². The molecule has 1 heterocycles. The van der Waals surface area contributed by atoms with E-state index in [-0.39, 0.29) is 5.75 Å². The number of imidazole rings is 1. The van der Waals surface area contributed by atoms with E-state index in [1.54, 1.807) is 21.3 Å². The van der Waals surface area contributed by atoms with Crippen LogP contribution in [0.1, 0.15) is 31.5 Å². The quantitative estimate of drug-likeness (QED) is 0.215. The van der Waals surface area contributed by atoms with Crippen molar-refractivity contribution in [3.8, 4) is 0 Å². The molecule has 0 aromatic carbocycles. The summed E-state index contributed by atoms with van der Waals surface area (Å²) in [6, 6.07) is 0.778. The van der Waals surface area contributed by atoms with Gasteiger partial charge >= 0.3 is 8.80 Å². The zero-order valence-corrected chi connectivity index (χ0v) is 17.4. The number of aromatic nitrogens is 2. The molecule has 1 aromatic heterocycles. The third-order valence-corrected chi connectivity index (χ3v) is 7.99. The highest BCUT2D eigenvalue weighted by Gasteiger charge is 2.36. The van der Waals surface area contributed by atoms with Crippen LogP contribution in [-0.4, -0.2) is 53.4 Å². The average molecular weight is 395 g/mol. The summed E-state index contributed by atoms with van der Waals surface area (Å²) in [5, 5.41) is 0. The Balaban J connectivity index is 2.40. The van der Waals surface area contributed by atoms with Crippen molar-refractivity contribution in [1.82, 2.24) is 4.57 Å². The molecule has 0 N–H and O–H groups in total. The van der Waals surface area contributed by atoms with E-state index in [0.717, 1.165) is 31.3 Å². The first-order valence-electron chi connectivity index (χ1n) is 8.41. The maximum absolute atomic E-state index is 10.6. The molecule has 0 aliphatic carbocycles. The van der Waals surface area contributed by atoms with Crippen molar-refractivity contribution >= 4 is 18.9 Å². The molecule has 25 heavy (non-hydrogen) atoms. The Bertz CT molecular complexity index is 607. The van der Waals surface area contributed by atoms with E-state index in [1.807, 2.05) is 19.3 Å². The molecule has 0 aliphatic heterocycles. The predicted molar refractivity (Wildman–Crippen MR) is 94.0 cm³/mol. The van der Waals surface area contributed by atoms with Gasteiger partial charge in [0.25, 0.3) is 5.82 Å². The molecule has 0 bridgehead atoms. The molecule has 0 radical (unpaired) electrons. The molecule has 0 aliphatic rings. The van der Waals surface area contributed by atoms with Gasteiger partial charge in [-0.15, -0.1) is 0 Å². The van der Waals surface area contributed by atoms with Crippen LogP contribution in [0.15, 0.2) is 12.4 Å². The van der Waals surface area contributed by atoms with Crippen LogP contribution in [0.25, 0.3) is 0 Å². The van der Waals surface area contributed by atoms with Gasteiger partial charge in [0, 0.05) is 40.1 Å². The van der Waals surface area contributed by atoms with Gasteiger partial charge in [-0.05, 0) is 25.7 Å². The Hall–Kier alpha value is -0.783. The molecule has 0 atom stereocenters. The molecule has 0 saturated carbocycles. The Morgan fingerprint density at radius 2 is 1.76 bits per heavy atom.